The molecule has 0 spiro atoms. The van der Waals surface area contributed by atoms with Crippen molar-refractivity contribution in [2.24, 2.45) is 0 Å². The van der Waals surface area contributed by atoms with Crippen LogP contribution in [0.1, 0.15) is 10.4 Å². The first kappa shape index (κ1) is 9.15. The molecular weight excluding hydrogens is 206 g/mol. The smallest absolute Gasteiger partial charge is 0.343 e. The summed E-state index contributed by atoms with van der Waals surface area (Å²) in [7, 11) is 0. The van der Waals surface area contributed by atoms with E-state index in [0.29, 0.717) is 17.9 Å². The van der Waals surface area contributed by atoms with Crippen LogP contribution >= 0.6 is 0 Å². The molecule has 1 aromatic heterocycles. The van der Waals surface area contributed by atoms with E-state index in [4.69, 9.17) is 9.47 Å². The monoisotopic (exact) mass is 215 g/mol. The largest absolute Gasteiger partial charge is 0.488 e. The van der Waals surface area contributed by atoms with E-state index in [1.165, 1.54) is 6.20 Å². The number of nitrogens with zero attached hydrogens (tertiary/aromatic N) is 1. The third kappa shape index (κ3) is 1.31. The molecule has 0 amide bonds. The van der Waals surface area contributed by atoms with Crippen LogP contribution in [0, 0.1) is 0 Å². The van der Waals surface area contributed by atoms with Crippen LogP contribution in [-0.2, 0) is 4.74 Å². The minimum atomic E-state index is -0.370. The molecule has 2 heterocycles. The van der Waals surface area contributed by atoms with Crippen LogP contribution in [0.5, 0.6) is 5.75 Å². The molecule has 0 N–H and O–H groups in total. The van der Waals surface area contributed by atoms with Gasteiger partial charge in [0.25, 0.3) is 0 Å². The van der Waals surface area contributed by atoms with Crippen molar-refractivity contribution < 1.29 is 14.3 Å². The highest BCUT2D eigenvalue weighted by Crippen LogP contribution is 2.29. The Balaban J connectivity index is 2.32. The van der Waals surface area contributed by atoms with E-state index < -0.39 is 0 Å². The number of esters is 1. The van der Waals surface area contributed by atoms with Gasteiger partial charge in [0.1, 0.15) is 24.5 Å². The maximum absolute atomic E-state index is 11.6. The summed E-state index contributed by atoms with van der Waals surface area (Å²) < 4.78 is 10.5. The van der Waals surface area contributed by atoms with Gasteiger partial charge in [-0.05, 0) is 12.1 Å². The minimum Gasteiger partial charge on any atom is -0.488 e. The molecule has 1 aliphatic rings. The number of benzene rings is 1. The molecule has 0 fully saturated rings. The SMILES string of the molecule is O=C1OCCOc2c1cnc1ccccc21. The molecule has 1 aromatic carbocycles. The summed E-state index contributed by atoms with van der Waals surface area (Å²) in [5, 5.41) is 0.846. The van der Waals surface area contributed by atoms with Gasteiger partial charge in [0.05, 0.1) is 5.52 Å². The van der Waals surface area contributed by atoms with E-state index in [-0.39, 0.29) is 12.6 Å². The Bertz CT molecular complexity index is 565. The Morgan fingerprint density at radius 2 is 1.94 bits per heavy atom. The maximum atomic E-state index is 11.6. The number of carbonyl (C=O) groups is 1. The van der Waals surface area contributed by atoms with Crippen molar-refractivity contribution in [2.45, 2.75) is 0 Å². The quantitative estimate of drug-likeness (QED) is 0.628. The van der Waals surface area contributed by atoms with Crippen molar-refractivity contribution in [1.82, 2.24) is 4.98 Å². The molecule has 2 aromatic rings. The summed E-state index contributed by atoms with van der Waals surface area (Å²) in [5.74, 6) is 0.207. The molecule has 0 aliphatic carbocycles. The standard InChI is InChI=1S/C12H9NO3/c14-12-9-7-13-10-4-2-1-3-8(10)11(9)15-5-6-16-12/h1-4,7H,5-6H2. The van der Waals surface area contributed by atoms with Gasteiger partial charge in [-0.2, -0.15) is 0 Å². The van der Waals surface area contributed by atoms with Crippen molar-refractivity contribution in [2.75, 3.05) is 13.2 Å². The first-order valence-electron chi connectivity index (χ1n) is 5.04. The first-order valence-corrected chi connectivity index (χ1v) is 5.04. The number of para-hydroxylation sites is 1. The molecule has 0 atom stereocenters. The van der Waals surface area contributed by atoms with E-state index >= 15 is 0 Å². The van der Waals surface area contributed by atoms with E-state index in [0.717, 1.165) is 10.9 Å². The third-order valence-electron chi connectivity index (χ3n) is 2.51. The number of hydrogen-bond acceptors (Lipinski definition) is 4. The zero-order valence-corrected chi connectivity index (χ0v) is 8.47. The maximum Gasteiger partial charge on any atom is 0.343 e. The lowest BCUT2D eigenvalue weighted by atomic mass is 10.1. The predicted molar refractivity (Wildman–Crippen MR) is 57.5 cm³/mol. The second-order valence-corrected chi connectivity index (χ2v) is 3.50. The molecule has 0 bridgehead atoms. The lowest BCUT2D eigenvalue weighted by Gasteiger charge is -2.07. The Kier molecular flexibility index (Phi) is 1.99. The predicted octanol–water partition coefficient (Wildman–Crippen LogP) is 1.78. The molecular formula is C12H9NO3. The fraction of sp³-hybridized carbons (Fsp3) is 0.167. The number of carbonyl (C=O) groups excluding carboxylic acids is 1. The number of cyclic esters (lactones) is 1. The number of aromatic nitrogens is 1. The summed E-state index contributed by atoms with van der Waals surface area (Å²) in [5.41, 5.74) is 1.21. The van der Waals surface area contributed by atoms with Crippen LogP contribution in [0.4, 0.5) is 0 Å². The summed E-state index contributed by atoms with van der Waals surface area (Å²) in [6.07, 6.45) is 1.51. The number of rotatable bonds is 0. The van der Waals surface area contributed by atoms with Crippen LogP contribution in [-0.4, -0.2) is 24.2 Å². The second-order valence-electron chi connectivity index (χ2n) is 3.50. The zero-order chi connectivity index (χ0) is 11.0. The Morgan fingerprint density at radius 3 is 2.88 bits per heavy atom. The van der Waals surface area contributed by atoms with Crippen LogP contribution in [0.25, 0.3) is 10.9 Å². The van der Waals surface area contributed by atoms with Crippen molar-refractivity contribution >= 4 is 16.9 Å². The Hall–Kier alpha value is -2.10. The topological polar surface area (TPSA) is 48.4 Å². The fourth-order valence-corrected chi connectivity index (χ4v) is 1.77. The highest BCUT2D eigenvalue weighted by atomic mass is 16.6. The van der Waals surface area contributed by atoms with Gasteiger partial charge >= 0.3 is 5.97 Å². The lowest BCUT2D eigenvalue weighted by Crippen LogP contribution is -2.05. The van der Waals surface area contributed by atoms with Crippen molar-refractivity contribution in [1.29, 1.82) is 0 Å². The lowest BCUT2D eigenvalue weighted by molar-refractivity contribution is 0.0492. The highest BCUT2D eigenvalue weighted by molar-refractivity contribution is 5.99. The van der Waals surface area contributed by atoms with Crippen molar-refractivity contribution in [3.63, 3.8) is 0 Å². The van der Waals surface area contributed by atoms with Crippen molar-refractivity contribution in [3.8, 4) is 5.75 Å². The summed E-state index contributed by atoms with van der Waals surface area (Å²) in [6.45, 7) is 0.661. The number of hydrogen-bond donors (Lipinski definition) is 0. The van der Waals surface area contributed by atoms with Crippen LogP contribution in [0.3, 0.4) is 0 Å². The van der Waals surface area contributed by atoms with E-state index in [2.05, 4.69) is 4.98 Å². The van der Waals surface area contributed by atoms with Gasteiger partial charge in [0.15, 0.2) is 0 Å². The number of pyridine rings is 1. The van der Waals surface area contributed by atoms with E-state index in [1.54, 1.807) is 0 Å². The second kappa shape index (κ2) is 3.48. The average Bonchev–Trinajstić information content (AvgIpc) is 2.52. The van der Waals surface area contributed by atoms with Crippen molar-refractivity contribution in [3.05, 3.63) is 36.0 Å². The fourth-order valence-electron chi connectivity index (χ4n) is 1.77. The number of ether oxygens (including phenoxy) is 2. The van der Waals surface area contributed by atoms with Gasteiger partial charge in [0, 0.05) is 11.6 Å². The van der Waals surface area contributed by atoms with Gasteiger partial charge in [0.2, 0.25) is 0 Å². The Morgan fingerprint density at radius 1 is 1.12 bits per heavy atom. The van der Waals surface area contributed by atoms with Gasteiger partial charge in [-0.3, -0.25) is 4.98 Å². The zero-order valence-electron chi connectivity index (χ0n) is 8.47. The van der Waals surface area contributed by atoms with E-state index in [1.807, 2.05) is 24.3 Å². The highest BCUT2D eigenvalue weighted by Gasteiger charge is 2.20. The minimum absolute atomic E-state index is 0.280. The molecule has 3 rings (SSSR count). The van der Waals surface area contributed by atoms with Crippen LogP contribution in [0.2, 0.25) is 0 Å². The molecule has 0 saturated heterocycles. The molecule has 16 heavy (non-hydrogen) atoms. The van der Waals surface area contributed by atoms with Gasteiger partial charge < -0.3 is 9.47 Å². The van der Waals surface area contributed by atoms with Crippen LogP contribution in [0.15, 0.2) is 30.5 Å². The van der Waals surface area contributed by atoms with Gasteiger partial charge in [-0.25, -0.2) is 4.79 Å². The van der Waals surface area contributed by atoms with Gasteiger partial charge in [-0.15, -0.1) is 0 Å². The summed E-state index contributed by atoms with van der Waals surface area (Å²) >= 11 is 0. The normalized spacial score (nSPS) is 14.9. The van der Waals surface area contributed by atoms with Gasteiger partial charge in [-0.1, -0.05) is 12.1 Å². The average molecular weight is 215 g/mol. The molecule has 80 valence electrons. The molecule has 4 nitrogen and oxygen atoms in total. The number of fused-ring (bicyclic) bond motifs is 3. The first-order chi connectivity index (χ1) is 7.86. The van der Waals surface area contributed by atoms with E-state index in [9.17, 15) is 4.79 Å². The molecule has 0 radical (unpaired) electrons. The molecule has 1 aliphatic heterocycles. The third-order valence-corrected chi connectivity index (χ3v) is 2.51. The van der Waals surface area contributed by atoms with Crippen LogP contribution < -0.4 is 4.74 Å². The summed E-state index contributed by atoms with van der Waals surface area (Å²) in [6, 6.07) is 7.57. The molecule has 0 unspecified atom stereocenters. The Labute approximate surface area is 91.8 Å². The molecule has 4 heteroatoms. The summed E-state index contributed by atoms with van der Waals surface area (Å²) in [4.78, 5) is 15.8. The molecule has 0 saturated carbocycles.